The van der Waals surface area contributed by atoms with Crippen LogP contribution in [0.1, 0.15) is 21.5 Å². The lowest BCUT2D eigenvalue weighted by molar-refractivity contribution is 0.0696. The van der Waals surface area contributed by atoms with Crippen LogP contribution < -0.4 is 5.32 Å². The number of hydrogen-bond acceptors (Lipinski definition) is 2. The minimum Gasteiger partial charge on any atom is -0.478 e. The Morgan fingerprint density at radius 2 is 2.00 bits per heavy atom. The first-order valence-corrected chi connectivity index (χ1v) is 5.89. The first-order chi connectivity index (χ1) is 9.08. The fraction of sp³-hybridized carbons (Fsp3) is 0.133. The van der Waals surface area contributed by atoms with Gasteiger partial charge in [-0.15, -0.1) is 0 Å². The maximum absolute atomic E-state index is 13.0. The lowest BCUT2D eigenvalue weighted by Crippen LogP contribution is -2.05. The number of nitrogens with one attached hydrogen (secondary N) is 1. The Morgan fingerprint density at radius 3 is 2.68 bits per heavy atom. The summed E-state index contributed by atoms with van der Waals surface area (Å²) in [6, 6.07) is 11.3. The predicted molar refractivity (Wildman–Crippen MR) is 71.9 cm³/mol. The molecule has 0 aromatic heterocycles. The molecule has 2 aromatic carbocycles. The van der Waals surface area contributed by atoms with Crippen LogP contribution >= 0.6 is 0 Å². The summed E-state index contributed by atoms with van der Waals surface area (Å²) in [4.78, 5) is 11.0. The second-order valence-corrected chi connectivity index (χ2v) is 4.27. The molecule has 2 N–H and O–H groups in total. The average molecular weight is 259 g/mol. The summed E-state index contributed by atoms with van der Waals surface area (Å²) in [6.07, 6.45) is 0. The van der Waals surface area contributed by atoms with Crippen LogP contribution in [0.25, 0.3) is 0 Å². The average Bonchev–Trinajstić information content (AvgIpc) is 2.37. The van der Waals surface area contributed by atoms with Crippen LogP contribution in [0.3, 0.4) is 0 Å². The van der Waals surface area contributed by atoms with E-state index < -0.39 is 5.97 Å². The molecule has 0 aliphatic rings. The maximum atomic E-state index is 13.0. The SMILES string of the molecule is Cc1c(NCc2cccc(F)c2)cccc1C(=O)O. The number of hydrogen-bond donors (Lipinski definition) is 2. The van der Waals surface area contributed by atoms with E-state index in [-0.39, 0.29) is 11.4 Å². The number of rotatable bonds is 4. The highest BCUT2D eigenvalue weighted by atomic mass is 19.1. The van der Waals surface area contributed by atoms with Gasteiger partial charge in [-0.2, -0.15) is 0 Å². The molecule has 98 valence electrons. The molecule has 2 aromatic rings. The van der Waals surface area contributed by atoms with E-state index in [4.69, 9.17) is 5.11 Å². The summed E-state index contributed by atoms with van der Waals surface area (Å²) in [5.74, 6) is -1.23. The zero-order valence-electron chi connectivity index (χ0n) is 10.5. The third-order valence-electron chi connectivity index (χ3n) is 2.94. The van der Waals surface area contributed by atoms with Gasteiger partial charge in [-0.05, 0) is 42.3 Å². The fourth-order valence-corrected chi connectivity index (χ4v) is 1.90. The van der Waals surface area contributed by atoms with Crippen LogP contribution in [-0.4, -0.2) is 11.1 Å². The van der Waals surface area contributed by atoms with Gasteiger partial charge in [0.2, 0.25) is 0 Å². The van der Waals surface area contributed by atoms with Gasteiger partial charge in [0.25, 0.3) is 0 Å². The van der Waals surface area contributed by atoms with Crippen molar-refractivity contribution in [2.24, 2.45) is 0 Å². The molecule has 0 heterocycles. The minimum atomic E-state index is -0.952. The monoisotopic (exact) mass is 259 g/mol. The lowest BCUT2D eigenvalue weighted by atomic mass is 10.1. The molecule has 19 heavy (non-hydrogen) atoms. The topological polar surface area (TPSA) is 49.3 Å². The molecule has 0 bridgehead atoms. The van der Waals surface area contributed by atoms with E-state index in [2.05, 4.69) is 5.32 Å². The van der Waals surface area contributed by atoms with Gasteiger partial charge in [0.1, 0.15) is 5.82 Å². The second-order valence-electron chi connectivity index (χ2n) is 4.27. The maximum Gasteiger partial charge on any atom is 0.336 e. The van der Waals surface area contributed by atoms with Crippen LogP contribution in [0, 0.1) is 12.7 Å². The van der Waals surface area contributed by atoms with Crippen LogP contribution in [0.2, 0.25) is 0 Å². The second kappa shape index (κ2) is 5.52. The van der Waals surface area contributed by atoms with E-state index in [0.717, 1.165) is 11.3 Å². The van der Waals surface area contributed by atoms with Gasteiger partial charge in [0.15, 0.2) is 0 Å². The van der Waals surface area contributed by atoms with Crippen LogP contribution in [-0.2, 0) is 6.54 Å². The normalized spacial score (nSPS) is 10.2. The van der Waals surface area contributed by atoms with E-state index in [0.29, 0.717) is 12.1 Å². The number of carbonyl (C=O) groups is 1. The molecule has 0 saturated carbocycles. The van der Waals surface area contributed by atoms with Gasteiger partial charge >= 0.3 is 5.97 Å². The molecule has 0 spiro atoms. The molecule has 3 nitrogen and oxygen atoms in total. The Balaban J connectivity index is 2.16. The zero-order valence-corrected chi connectivity index (χ0v) is 10.5. The molecule has 2 rings (SSSR count). The first-order valence-electron chi connectivity index (χ1n) is 5.89. The number of carboxylic acids is 1. The highest BCUT2D eigenvalue weighted by molar-refractivity contribution is 5.91. The van der Waals surface area contributed by atoms with Crippen LogP contribution in [0.15, 0.2) is 42.5 Å². The molecule has 0 saturated heterocycles. The minimum absolute atomic E-state index is 0.268. The van der Waals surface area contributed by atoms with E-state index >= 15 is 0 Å². The van der Waals surface area contributed by atoms with E-state index in [1.165, 1.54) is 12.1 Å². The van der Waals surface area contributed by atoms with Crippen molar-refractivity contribution in [2.75, 3.05) is 5.32 Å². The van der Waals surface area contributed by atoms with Gasteiger partial charge in [0, 0.05) is 12.2 Å². The van der Waals surface area contributed by atoms with Crippen molar-refractivity contribution in [2.45, 2.75) is 13.5 Å². The third kappa shape index (κ3) is 3.10. The third-order valence-corrected chi connectivity index (χ3v) is 2.94. The zero-order chi connectivity index (χ0) is 13.8. The lowest BCUT2D eigenvalue weighted by Gasteiger charge is -2.11. The predicted octanol–water partition coefficient (Wildman–Crippen LogP) is 3.44. The Kier molecular flexibility index (Phi) is 3.80. The van der Waals surface area contributed by atoms with Crippen molar-refractivity contribution < 1.29 is 14.3 Å². The number of benzene rings is 2. The van der Waals surface area contributed by atoms with Gasteiger partial charge < -0.3 is 10.4 Å². The van der Waals surface area contributed by atoms with Gasteiger partial charge in [-0.25, -0.2) is 9.18 Å². The molecule has 0 aliphatic carbocycles. The first kappa shape index (κ1) is 13.1. The molecule has 0 atom stereocenters. The summed E-state index contributed by atoms with van der Waals surface area (Å²) in [6.45, 7) is 2.19. The quantitative estimate of drug-likeness (QED) is 0.884. The van der Waals surface area contributed by atoms with Crippen molar-refractivity contribution >= 4 is 11.7 Å². The Morgan fingerprint density at radius 1 is 1.26 bits per heavy atom. The number of aromatic carboxylic acids is 1. The number of carboxylic acid groups (broad SMARTS) is 1. The van der Waals surface area contributed by atoms with Gasteiger partial charge in [0.05, 0.1) is 5.56 Å². The summed E-state index contributed by atoms with van der Waals surface area (Å²) >= 11 is 0. The highest BCUT2D eigenvalue weighted by Gasteiger charge is 2.09. The van der Waals surface area contributed by atoms with E-state index in [1.807, 2.05) is 6.07 Å². The van der Waals surface area contributed by atoms with Crippen LogP contribution in [0.4, 0.5) is 10.1 Å². The van der Waals surface area contributed by atoms with Gasteiger partial charge in [-0.3, -0.25) is 0 Å². The number of halogens is 1. The molecular weight excluding hydrogens is 245 g/mol. The molecule has 0 radical (unpaired) electrons. The van der Waals surface area contributed by atoms with Crippen molar-refractivity contribution in [3.8, 4) is 0 Å². The standard InChI is InChI=1S/C15H14FNO2/c1-10-13(15(18)19)6-3-7-14(10)17-9-11-4-2-5-12(16)8-11/h2-8,17H,9H2,1H3,(H,18,19). The largest absolute Gasteiger partial charge is 0.478 e. The van der Waals surface area contributed by atoms with E-state index in [9.17, 15) is 9.18 Å². The molecular formula is C15H14FNO2. The van der Waals surface area contributed by atoms with Crippen molar-refractivity contribution in [3.63, 3.8) is 0 Å². The van der Waals surface area contributed by atoms with Crippen LogP contribution in [0.5, 0.6) is 0 Å². The summed E-state index contributed by atoms with van der Waals surface area (Å²) < 4.78 is 13.0. The molecule has 0 aliphatic heterocycles. The molecule has 0 amide bonds. The highest BCUT2D eigenvalue weighted by Crippen LogP contribution is 2.19. The smallest absolute Gasteiger partial charge is 0.336 e. The Hall–Kier alpha value is -2.36. The Bertz CT molecular complexity index is 611. The van der Waals surface area contributed by atoms with Crippen molar-refractivity contribution in [3.05, 3.63) is 65.0 Å². The van der Waals surface area contributed by atoms with Gasteiger partial charge in [-0.1, -0.05) is 18.2 Å². The molecule has 0 fully saturated rings. The summed E-state index contributed by atoms with van der Waals surface area (Å²) in [5.41, 5.74) is 2.49. The van der Waals surface area contributed by atoms with Crippen molar-refractivity contribution in [1.29, 1.82) is 0 Å². The Labute approximate surface area is 110 Å². The fourth-order valence-electron chi connectivity index (χ4n) is 1.90. The summed E-state index contributed by atoms with van der Waals surface area (Å²) in [5, 5.41) is 12.2. The summed E-state index contributed by atoms with van der Waals surface area (Å²) in [7, 11) is 0. The molecule has 4 heteroatoms. The molecule has 0 unspecified atom stereocenters. The van der Waals surface area contributed by atoms with E-state index in [1.54, 1.807) is 31.2 Å². The number of anilines is 1. The van der Waals surface area contributed by atoms with Crippen molar-refractivity contribution in [1.82, 2.24) is 0 Å².